The summed E-state index contributed by atoms with van der Waals surface area (Å²) >= 11 is 3.29. The van der Waals surface area contributed by atoms with Gasteiger partial charge in [0.25, 0.3) is 5.56 Å². The van der Waals surface area contributed by atoms with Gasteiger partial charge in [-0.3, -0.25) is 9.20 Å². The summed E-state index contributed by atoms with van der Waals surface area (Å²) in [7, 11) is 0. The molecule has 0 atom stereocenters. The first-order chi connectivity index (χ1) is 10.0. The topological polar surface area (TPSA) is 102 Å². The molecule has 0 amide bonds. The number of halogens is 1. The molecule has 8 nitrogen and oxygen atoms in total. The minimum Gasteiger partial charge on any atom is -0.476 e. The van der Waals surface area contributed by atoms with Gasteiger partial charge in [-0.05, 0) is 28.1 Å². The van der Waals surface area contributed by atoms with Gasteiger partial charge in [-0.25, -0.2) is 14.5 Å². The Morgan fingerprint density at radius 2 is 2.14 bits per heavy atom. The van der Waals surface area contributed by atoms with E-state index in [1.165, 1.54) is 21.3 Å². The molecule has 0 fully saturated rings. The number of hydrogen-bond donors (Lipinski definition) is 1. The largest absolute Gasteiger partial charge is 0.476 e. The zero-order valence-electron chi connectivity index (χ0n) is 10.5. The van der Waals surface area contributed by atoms with Crippen LogP contribution in [0.1, 0.15) is 16.2 Å². The average molecular weight is 350 g/mol. The molecule has 21 heavy (non-hydrogen) atoms. The molecule has 0 aliphatic carbocycles. The third-order valence-corrected chi connectivity index (χ3v) is 3.23. The fourth-order valence-corrected chi connectivity index (χ4v) is 2.18. The summed E-state index contributed by atoms with van der Waals surface area (Å²) in [6, 6.07) is 4.87. The highest BCUT2D eigenvalue weighted by Gasteiger charge is 2.10. The van der Waals surface area contributed by atoms with Crippen molar-refractivity contribution in [3.05, 3.63) is 56.8 Å². The number of aromatic carboxylic acids is 1. The van der Waals surface area contributed by atoms with Crippen molar-refractivity contribution < 1.29 is 9.90 Å². The smallest absolute Gasteiger partial charge is 0.358 e. The molecule has 0 radical (unpaired) electrons. The molecule has 106 valence electrons. The summed E-state index contributed by atoms with van der Waals surface area (Å²) in [5.74, 6) is -1.15. The van der Waals surface area contributed by atoms with Crippen LogP contribution in [0.4, 0.5) is 0 Å². The van der Waals surface area contributed by atoms with Crippen LogP contribution in [-0.2, 0) is 6.54 Å². The normalized spacial score (nSPS) is 10.9. The molecule has 3 aromatic rings. The monoisotopic (exact) mass is 349 g/mol. The lowest BCUT2D eigenvalue weighted by molar-refractivity contribution is 0.0690. The van der Waals surface area contributed by atoms with Gasteiger partial charge >= 0.3 is 5.97 Å². The highest BCUT2D eigenvalue weighted by Crippen LogP contribution is 2.09. The fraction of sp³-hybridized carbons (Fsp3) is 0.0833. The van der Waals surface area contributed by atoms with Crippen molar-refractivity contribution in [3.63, 3.8) is 0 Å². The van der Waals surface area contributed by atoms with Gasteiger partial charge in [0.05, 0.1) is 18.4 Å². The predicted octanol–water partition coefficient (Wildman–Crippen LogP) is 0.795. The number of rotatable bonds is 3. The standard InChI is InChI=1S/C12H8BrN5O3/c13-7-1-2-10-14-8(3-11(19)18(10)4-7)5-17-6-9(12(20)21)15-16-17/h1-4,6H,5H2,(H,20,21). The van der Waals surface area contributed by atoms with Crippen molar-refractivity contribution in [3.8, 4) is 0 Å². The van der Waals surface area contributed by atoms with Gasteiger partial charge in [0.1, 0.15) is 5.65 Å². The second-order valence-corrected chi connectivity index (χ2v) is 5.18. The molecular formula is C12H8BrN5O3. The van der Waals surface area contributed by atoms with Gasteiger partial charge in [0, 0.05) is 16.7 Å². The Bertz CT molecular complexity index is 901. The van der Waals surface area contributed by atoms with E-state index < -0.39 is 5.97 Å². The molecule has 0 aliphatic rings. The quantitative estimate of drug-likeness (QED) is 0.750. The maximum absolute atomic E-state index is 12.0. The summed E-state index contributed by atoms with van der Waals surface area (Å²) in [6.07, 6.45) is 2.92. The molecule has 0 saturated carbocycles. The second-order valence-electron chi connectivity index (χ2n) is 4.27. The molecule has 3 heterocycles. The SMILES string of the molecule is O=C(O)c1cn(Cc2cc(=O)n3cc(Br)ccc3n2)nn1. The van der Waals surface area contributed by atoms with E-state index in [0.717, 1.165) is 4.47 Å². The van der Waals surface area contributed by atoms with Crippen LogP contribution in [0, 0.1) is 0 Å². The van der Waals surface area contributed by atoms with Crippen molar-refractivity contribution in [2.45, 2.75) is 6.54 Å². The van der Waals surface area contributed by atoms with E-state index in [9.17, 15) is 9.59 Å². The van der Waals surface area contributed by atoms with Crippen molar-refractivity contribution in [1.29, 1.82) is 0 Å². The number of hydrogen-bond acceptors (Lipinski definition) is 5. The maximum atomic E-state index is 12.0. The first-order valence-corrected chi connectivity index (χ1v) is 6.63. The Morgan fingerprint density at radius 3 is 2.86 bits per heavy atom. The van der Waals surface area contributed by atoms with Crippen LogP contribution in [0.5, 0.6) is 0 Å². The van der Waals surface area contributed by atoms with Crippen LogP contribution < -0.4 is 5.56 Å². The highest BCUT2D eigenvalue weighted by molar-refractivity contribution is 9.10. The fourth-order valence-electron chi connectivity index (χ4n) is 1.85. The minimum atomic E-state index is -1.15. The van der Waals surface area contributed by atoms with Crippen molar-refractivity contribution >= 4 is 27.5 Å². The first kappa shape index (κ1) is 13.4. The third kappa shape index (κ3) is 2.68. The predicted molar refractivity (Wildman–Crippen MR) is 75.2 cm³/mol. The van der Waals surface area contributed by atoms with Gasteiger partial charge in [0.2, 0.25) is 0 Å². The molecule has 9 heteroatoms. The van der Waals surface area contributed by atoms with Gasteiger partial charge < -0.3 is 5.11 Å². The lowest BCUT2D eigenvalue weighted by Gasteiger charge is -2.04. The van der Waals surface area contributed by atoms with Crippen LogP contribution in [-0.4, -0.2) is 35.5 Å². The van der Waals surface area contributed by atoms with E-state index in [1.54, 1.807) is 18.3 Å². The van der Waals surface area contributed by atoms with E-state index in [0.29, 0.717) is 11.3 Å². The summed E-state index contributed by atoms with van der Waals surface area (Å²) in [5.41, 5.74) is 0.592. The molecular weight excluding hydrogens is 342 g/mol. The Hall–Kier alpha value is -2.55. The van der Waals surface area contributed by atoms with Gasteiger partial charge in [0.15, 0.2) is 5.69 Å². The highest BCUT2D eigenvalue weighted by atomic mass is 79.9. The van der Waals surface area contributed by atoms with Gasteiger partial charge in [-0.1, -0.05) is 5.21 Å². The molecule has 0 bridgehead atoms. The number of pyridine rings is 1. The summed E-state index contributed by atoms with van der Waals surface area (Å²) in [5, 5.41) is 16.0. The molecule has 0 aromatic carbocycles. The summed E-state index contributed by atoms with van der Waals surface area (Å²) in [6.45, 7) is 0.169. The average Bonchev–Trinajstić information content (AvgIpc) is 2.88. The Morgan fingerprint density at radius 1 is 1.33 bits per heavy atom. The number of nitrogens with zero attached hydrogens (tertiary/aromatic N) is 5. The van der Waals surface area contributed by atoms with Crippen LogP contribution in [0.2, 0.25) is 0 Å². The summed E-state index contributed by atoms with van der Waals surface area (Å²) in [4.78, 5) is 27.1. The molecule has 3 rings (SSSR count). The van der Waals surface area contributed by atoms with E-state index in [-0.39, 0.29) is 17.8 Å². The minimum absolute atomic E-state index is 0.156. The van der Waals surface area contributed by atoms with Crippen molar-refractivity contribution in [1.82, 2.24) is 24.4 Å². The first-order valence-electron chi connectivity index (χ1n) is 5.84. The van der Waals surface area contributed by atoms with Crippen molar-refractivity contribution in [2.24, 2.45) is 0 Å². The molecule has 1 N–H and O–H groups in total. The second kappa shape index (κ2) is 5.09. The lowest BCUT2D eigenvalue weighted by Crippen LogP contribution is -2.16. The molecule has 3 aromatic heterocycles. The van der Waals surface area contributed by atoms with E-state index in [2.05, 4.69) is 31.2 Å². The molecule has 0 aliphatic heterocycles. The number of aromatic nitrogens is 5. The van der Waals surface area contributed by atoms with Crippen LogP contribution >= 0.6 is 15.9 Å². The Balaban J connectivity index is 1.99. The maximum Gasteiger partial charge on any atom is 0.358 e. The zero-order valence-corrected chi connectivity index (χ0v) is 12.1. The number of fused-ring (bicyclic) bond motifs is 1. The van der Waals surface area contributed by atoms with Crippen LogP contribution in [0.15, 0.2) is 39.9 Å². The molecule has 0 unspecified atom stereocenters. The number of carboxylic acid groups (broad SMARTS) is 1. The lowest BCUT2D eigenvalue weighted by atomic mass is 10.3. The third-order valence-electron chi connectivity index (χ3n) is 2.76. The van der Waals surface area contributed by atoms with Crippen LogP contribution in [0.3, 0.4) is 0 Å². The van der Waals surface area contributed by atoms with Gasteiger partial charge in [-0.2, -0.15) is 0 Å². The number of carbonyl (C=O) groups is 1. The van der Waals surface area contributed by atoms with E-state index in [1.807, 2.05) is 0 Å². The molecule has 0 saturated heterocycles. The van der Waals surface area contributed by atoms with Crippen molar-refractivity contribution in [2.75, 3.05) is 0 Å². The zero-order chi connectivity index (χ0) is 15.0. The Labute approximate surface area is 125 Å². The summed E-state index contributed by atoms with van der Waals surface area (Å²) < 4.78 is 3.51. The Kier molecular flexibility index (Phi) is 3.26. The van der Waals surface area contributed by atoms with Gasteiger partial charge in [-0.15, -0.1) is 5.10 Å². The van der Waals surface area contributed by atoms with E-state index >= 15 is 0 Å². The molecule has 0 spiro atoms. The number of carboxylic acids is 1. The van der Waals surface area contributed by atoms with Crippen LogP contribution in [0.25, 0.3) is 5.65 Å². The van der Waals surface area contributed by atoms with E-state index in [4.69, 9.17) is 5.11 Å².